The highest BCUT2D eigenvalue weighted by Crippen LogP contribution is 2.35. The number of hydrogen-bond acceptors (Lipinski definition) is 2. The van der Waals surface area contributed by atoms with Gasteiger partial charge in [-0.05, 0) is 49.8 Å². The number of rotatable bonds is 5. The molecule has 142 valence electrons. The van der Waals surface area contributed by atoms with Crippen molar-refractivity contribution in [1.82, 2.24) is 10.2 Å². The molecule has 4 rings (SSSR count). The second-order valence-corrected chi connectivity index (χ2v) is 7.66. The van der Waals surface area contributed by atoms with E-state index < -0.39 is 17.5 Å². The van der Waals surface area contributed by atoms with Crippen molar-refractivity contribution in [3.63, 3.8) is 0 Å². The summed E-state index contributed by atoms with van der Waals surface area (Å²) in [5.74, 6) is -1.84. The maximum Gasteiger partial charge on any atom is 0.251 e. The average Bonchev–Trinajstić information content (AvgIpc) is 2.88. The number of piperidine rings is 1. The van der Waals surface area contributed by atoms with Crippen LogP contribution in [-0.4, -0.2) is 35.5 Å². The molecule has 3 nitrogen and oxygen atoms in total. The fraction of sp³-hybridized carbons (Fsp3) is 0.409. The van der Waals surface area contributed by atoms with E-state index >= 15 is 0 Å². The SMILES string of the molecule is O=C(NC1CC2CCC(C1)N2CCc1ccccc1)c1cc(F)cc(F)c1. The number of benzene rings is 2. The molecule has 2 unspecified atom stereocenters. The van der Waals surface area contributed by atoms with Crippen LogP contribution in [0.25, 0.3) is 0 Å². The van der Waals surface area contributed by atoms with Crippen molar-refractivity contribution in [3.8, 4) is 0 Å². The van der Waals surface area contributed by atoms with Crippen molar-refractivity contribution in [1.29, 1.82) is 0 Å². The molecule has 2 fully saturated rings. The molecule has 2 atom stereocenters. The molecule has 2 aliphatic heterocycles. The standard InChI is InChI=1S/C22H24F2N2O/c23-17-10-16(11-18(24)12-17)22(27)25-19-13-20-6-7-21(14-19)26(20)9-8-15-4-2-1-3-5-15/h1-5,10-12,19-21H,6-9,13-14H2,(H,25,27). The van der Waals surface area contributed by atoms with Crippen LogP contribution in [0.15, 0.2) is 48.5 Å². The van der Waals surface area contributed by atoms with E-state index in [0.717, 1.165) is 56.8 Å². The van der Waals surface area contributed by atoms with E-state index in [1.54, 1.807) is 0 Å². The maximum atomic E-state index is 13.4. The lowest BCUT2D eigenvalue weighted by molar-refractivity contribution is 0.0847. The summed E-state index contributed by atoms with van der Waals surface area (Å²) in [5, 5.41) is 2.99. The predicted octanol–water partition coefficient (Wildman–Crippen LogP) is 3.93. The van der Waals surface area contributed by atoms with Crippen LogP contribution in [0.3, 0.4) is 0 Å². The van der Waals surface area contributed by atoms with Crippen LogP contribution >= 0.6 is 0 Å². The number of nitrogens with one attached hydrogen (secondary N) is 1. The molecule has 2 heterocycles. The summed E-state index contributed by atoms with van der Waals surface area (Å²) >= 11 is 0. The minimum Gasteiger partial charge on any atom is -0.349 e. The first kappa shape index (κ1) is 18.1. The molecule has 2 saturated heterocycles. The molecule has 0 saturated carbocycles. The van der Waals surface area contributed by atoms with Crippen LogP contribution in [0.5, 0.6) is 0 Å². The summed E-state index contributed by atoms with van der Waals surface area (Å²) in [5.41, 5.74) is 1.40. The highest BCUT2D eigenvalue weighted by atomic mass is 19.1. The van der Waals surface area contributed by atoms with Crippen LogP contribution < -0.4 is 5.32 Å². The molecule has 1 N–H and O–H groups in total. The largest absolute Gasteiger partial charge is 0.349 e. The van der Waals surface area contributed by atoms with E-state index in [4.69, 9.17) is 0 Å². The van der Waals surface area contributed by atoms with Gasteiger partial charge in [-0.15, -0.1) is 0 Å². The maximum absolute atomic E-state index is 13.4. The van der Waals surface area contributed by atoms with Gasteiger partial charge in [0.15, 0.2) is 0 Å². The third-order valence-electron chi connectivity index (χ3n) is 5.85. The minimum absolute atomic E-state index is 0.0476. The third kappa shape index (κ3) is 4.19. The zero-order chi connectivity index (χ0) is 18.8. The summed E-state index contributed by atoms with van der Waals surface area (Å²) in [4.78, 5) is 15.0. The molecule has 0 radical (unpaired) electrons. The molecule has 0 aromatic heterocycles. The number of carbonyl (C=O) groups excluding carboxylic acids is 1. The van der Waals surface area contributed by atoms with Gasteiger partial charge in [0.05, 0.1) is 0 Å². The van der Waals surface area contributed by atoms with Gasteiger partial charge in [-0.1, -0.05) is 30.3 Å². The van der Waals surface area contributed by atoms with E-state index in [9.17, 15) is 13.6 Å². The van der Waals surface area contributed by atoms with Gasteiger partial charge >= 0.3 is 0 Å². The van der Waals surface area contributed by atoms with Crippen molar-refractivity contribution in [2.45, 2.75) is 50.2 Å². The van der Waals surface area contributed by atoms with Crippen LogP contribution in [0.1, 0.15) is 41.6 Å². The van der Waals surface area contributed by atoms with Crippen LogP contribution in [0.4, 0.5) is 8.78 Å². The molecule has 0 spiro atoms. The number of halogens is 2. The monoisotopic (exact) mass is 370 g/mol. The van der Waals surface area contributed by atoms with Gasteiger partial charge in [-0.2, -0.15) is 0 Å². The Morgan fingerprint density at radius 2 is 1.63 bits per heavy atom. The number of amides is 1. The van der Waals surface area contributed by atoms with Gasteiger partial charge in [-0.25, -0.2) is 8.78 Å². The normalized spacial score (nSPS) is 24.7. The van der Waals surface area contributed by atoms with Gasteiger partial charge in [0.2, 0.25) is 0 Å². The molecular formula is C22H24F2N2O. The highest BCUT2D eigenvalue weighted by Gasteiger charge is 2.40. The molecule has 27 heavy (non-hydrogen) atoms. The fourth-order valence-corrected chi connectivity index (χ4v) is 4.61. The van der Waals surface area contributed by atoms with Crippen molar-refractivity contribution in [2.24, 2.45) is 0 Å². The van der Waals surface area contributed by atoms with Crippen molar-refractivity contribution in [3.05, 3.63) is 71.3 Å². The molecule has 2 bridgehead atoms. The first-order valence-corrected chi connectivity index (χ1v) is 9.65. The van der Waals surface area contributed by atoms with Crippen molar-refractivity contribution < 1.29 is 13.6 Å². The summed E-state index contributed by atoms with van der Waals surface area (Å²) in [6.07, 6.45) is 5.14. The highest BCUT2D eigenvalue weighted by molar-refractivity contribution is 5.94. The number of fused-ring (bicyclic) bond motifs is 2. The Labute approximate surface area is 158 Å². The van der Waals surface area contributed by atoms with E-state index in [1.807, 2.05) is 6.07 Å². The smallest absolute Gasteiger partial charge is 0.251 e. The molecule has 5 heteroatoms. The molecule has 0 aliphatic carbocycles. The topological polar surface area (TPSA) is 32.3 Å². The molecular weight excluding hydrogens is 346 g/mol. The van der Waals surface area contributed by atoms with Gasteiger partial charge in [0.1, 0.15) is 11.6 Å². The number of carbonyl (C=O) groups is 1. The first-order valence-electron chi connectivity index (χ1n) is 9.65. The Bertz CT molecular complexity index is 777. The molecule has 2 aromatic carbocycles. The summed E-state index contributed by atoms with van der Waals surface area (Å²) in [6.45, 7) is 1.04. The molecule has 2 aliphatic rings. The van der Waals surface area contributed by atoms with Crippen molar-refractivity contribution in [2.75, 3.05) is 6.54 Å². The lowest BCUT2D eigenvalue weighted by atomic mass is 9.96. The van der Waals surface area contributed by atoms with Gasteiger partial charge in [-0.3, -0.25) is 9.69 Å². The summed E-state index contributed by atoms with van der Waals surface area (Å²) < 4.78 is 26.7. The number of hydrogen-bond donors (Lipinski definition) is 1. The first-order chi connectivity index (χ1) is 13.1. The molecule has 1 amide bonds. The second kappa shape index (κ2) is 7.77. The van der Waals surface area contributed by atoms with Crippen molar-refractivity contribution >= 4 is 5.91 Å². The van der Waals surface area contributed by atoms with Gasteiger partial charge < -0.3 is 5.32 Å². The Morgan fingerprint density at radius 3 is 2.26 bits per heavy atom. The second-order valence-electron chi connectivity index (χ2n) is 7.66. The third-order valence-corrected chi connectivity index (χ3v) is 5.85. The zero-order valence-electron chi connectivity index (χ0n) is 15.2. The minimum atomic E-state index is -0.726. The summed E-state index contributed by atoms with van der Waals surface area (Å²) in [7, 11) is 0. The predicted molar refractivity (Wildman–Crippen MR) is 101 cm³/mol. The lowest BCUT2D eigenvalue weighted by Gasteiger charge is -2.39. The van der Waals surface area contributed by atoms with E-state index in [2.05, 4.69) is 34.5 Å². The fourth-order valence-electron chi connectivity index (χ4n) is 4.61. The number of nitrogens with zero attached hydrogens (tertiary/aromatic N) is 1. The Kier molecular flexibility index (Phi) is 5.21. The van der Waals surface area contributed by atoms with E-state index in [1.165, 1.54) is 5.56 Å². The zero-order valence-corrected chi connectivity index (χ0v) is 15.2. The van der Waals surface area contributed by atoms with E-state index in [0.29, 0.717) is 12.1 Å². The van der Waals surface area contributed by atoms with Crippen LogP contribution in [0.2, 0.25) is 0 Å². The van der Waals surface area contributed by atoms with Crippen LogP contribution in [-0.2, 0) is 6.42 Å². The lowest BCUT2D eigenvalue weighted by Crippen LogP contribution is -2.50. The Hall–Kier alpha value is -2.27. The van der Waals surface area contributed by atoms with Crippen LogP contribution in [0, 0.1) is 11.6 Å². The van der Waals surface area contributed by atoms with E-state index in [-0.39, 0.29) is 11.6 Å². The van der Waals surface area contributed by atoms with Gasteiger partial charge in [0, 0.05) is 36.3 Å². The Morgan fingerprint density at radius 1 is 1.00 bits per heavy atom. The van der Waals surface area contributed by atoms with Gasteiger partial charge in [0.25, 0.3) is 5.91 Å². The average molecular weight is 370 g/mol. The Balaban J connectivity index is 1.35. The molecule has 2 aromatic rings. The quantitative estimate of drug-likeness (QED) is 0.865. The summed E-state index contributed by atoms with van der Waals surface area (Å²) in [6, 6.07) is 14.5.